The second-order valence-electron chi connectivity index (χ2n) is 4.14. The van der Waals surface area contributed by atoms with E-state index < -0.39 is 0 Å². The summed E-state index contributed by atoms with van der Waals surface area (Å²) >= 11 is 0. The van der Waals surface area contributed by atoms with E-state index in [-0.39, 0.29) is 0 Å². The number of hydrogen-bond donors (Lipinski definition) is 1. The molecule has 0 saturated carbocycles. The standard InChI is InChI=1S/C10H21NO/c1-4-11-10(2,3)9-5-7-12-8-6-9/h9,11H,4-8H2,1-3H3. The molecule has 1 rings (SSSR count). The summed E-state index contributed by atoms with van der Waals surface area (Å²) in [4.78, 5) is 0. The van der Waals surface area contributed by atoms with Gasteiger partial charge in [-0.3, -0.25) is 0 Å². The molecule has 0 unspecified atom stereocenters. The van der Waals surface area contributed by atoms with E-state index in [4.69, 9.17) is 4.74 Å². The van der Waals surface area contributed by atoms with E-state index in [1.807, 2.05) is 0 Å². The second-order valence-corrected chi connectivity index (χ2v) is 4.14. The summed E-state index contributed by atoms with van der Waals surface area (Å²) in [7, 11) is 0. The van der Waals surface area contributed by atoms with Gasteiger partial charge in [0.2, 0.25) is 0 Å². The van der Waals surface area contributed by atoms with Gasteiger partial charge >= 0.3 is 0 Å². The summed E-state index contributed by atoms with van der Waals surface area (Å²) in [6, 6.07) is 0. The predicted molar refractivity (Wildman–Crippen MR) is 51.3 cm³/mol. The first-order valence-corrected chi connectivity index (χ1v) is 4.99. The predicted octanol–water partition coefficient (Wildman–Crippen LogP) is 1.80. The molecule has 0 aliphatic carbocycles. The average Bonchev–Trinajstić information content (AvgIpc) is 2.06. The Hall–Kier alpha value is -0.0800. The molecule has 0 atom stereocenters. The van der Waals surface area contributed by atoms with Gasteiger partial charge in [-0.15, -0.1) is 0 Å². The van der Waals surface area contributed by atoms with Gasteiger partial charge < -0.3 is 10.1 Å². The molecular weight excluding hydrogens is 150 g/mol. The molecule has 0 aromatic heterocycles. The average molecular weight is 171 g/mol. The number of ether oxygens (including phenoxy) is 1. The van der Waals surface area contributed by atoms with Crippen molar-refractivity contribution in [2.45, 2.75) is 39.2 Å². The van der Waals surface area contributed by atoms with E-state index in [2.05, 4.69) is 26.1 Å². The SMILES string of the molecule is CCNC(C)(C)C1CCOCC1. The maximum Gasteiger partial charge on any atom is 0.0469 e. The highest BCUT2D eigenvalue weighted by atomic mass is 16.5. The molecule has 0 amide bonds. The topological polar surface area (TPSA) is 21.3 Å². The van der Waals surface area contributed by atoms with Crippen molar-refractivity contribution in [3.63, 3.8) is 0 Å². The van der Waals surface area contributed by atoms with Crippen molar-refractivity contribution in [1.82, 2.24) is 5.32 Å². The van der Waals surface area contributed by atoms with Crippen molar-refractivity contribution in [1.29, 1.82) is 0 Å². The first-order chi connectivity index (χ1) is 5.67. The highest BCUT2D eigenvalue weighted by molar-refractivity contribution is 4.86. The Morgan fingerprint density at radius 2 is 1.92 bits per heavy atom. The molecule has 1 aliphatic heterocycles. The van der Waals surface area contributed by atoms with Crippen LogP contribution in [-0.4, -0.2) is 25.3 Å². The van der Waals surface area contributed by atoms with Crippen molar-refractivity contribution in [3.05, 3.63) is 0 Å². The lowest BCUT2D eigenvalue weighted by Crippen LogP contribution is -2.47. The van der Waals surface area contributed by atoms with Gasteiger partial charge in [-0.2, -0.15) is 0 Å². The Morgan fingerprint density at radius 3 is 2.42 bits per heavy atom. The monoisotopic (exact) mass is 171 g/mol. The second kappa shape index (κ2) is 4.24. The molecule has 1 aliphatic rings. The van der Waals surface area contributed by atoms with Crippen molar-refractivity contribution in [2.75, 3.05) is 19.8 Å². The Morgan fingerprint density at radius 1 is 1.33 bits per heavy atom. The van der Waals surface area contributed by atoms with Gasteiger partial charge in [0.05, 0.1) is 0 Å². The van der Waals surface area contributed by atoms with Gasteiger partial charge in [0, 0.05) is 18.8 Å². The first kappa shape index (κ1) is 10.0. The maximum atomic E-state index is 5.35. The van der Waals surface area contributed by atoms with Crippen molar-refractivity contribution < 1.29 is 4.74 Å². The zero-order valence-electron chi connectivity index (χ0n) is 8.52. The van der Waals surface area contributed by atoms with Crippen LogP contribution in [0.2, 0.25) is 0 Å². The summed E-state index contributed by atoms with van der Waals surface area (Å²) in [6.45, 7) is 9.71. The molecule has 0 aromatic rings. The van der Waals surface area contributed by atoms with E-state index >= 15 is 0 Å². The van der Waals surface area contributed by atoms with Crippen LogP contribution in [0.25, 0.3) is 0 Å². The lowest BCUT2D eigenvalue weighted by Gasteiger charge is -2.37. The fourth-order valence-electron chi connectivity index (χ4n) is 2.02. The first-order valence-electron chi connectivity index (χ1n) is 4.99. The van der Waals surface area contributed by atoms with Crippen molar-refractivity contribution >= 4 is 0 Å². The largest absolute Gasteiger partial charge is 0.381 e. The van der Waals surface area contributed by atoms with Gasteiger partial charge in [-0.05, 0) is 39.2 Å². The molecular formula is C10H21NO. The summed E-state index contributed by atoms with van der Waals surface area (Å²) in [5.41, 5.74) is 0.290. The minimum absolute atomic E-state index is 0.290. The maximum absolute atomic E-state index is 5.35. The lowest BCUT2D eigenvalue weighted by molar-refractivity contribution is 0.0374. The Labute approximate surface area is 75.7 Å². The van der Waals surface area contributed by atoms with Gasteiger partial charge in [0.1, 0.15) is 0 Å². The molecule has 0 spiro atoms. The smallest absolute Gasteiger partial charge is 0.0469 e. The molecule has 2 nitrogen and oxygen atoms in total. The molecule has 0 bridgehead atoms. The van der Waals surface area contributed by atoms with Crippen molar-refractivity contribution in [3.8, 4) is 0 Å². The third kappa shape index (κ3) is 2.46. The van der Waals surface area contributed by atoms with Crippen LogP contribution < -0.4 is 5.32 Å². The van der Waals surface area contributed by atoms with Crippen LogP contribution in [0, 0.1) is 5.92 Å². The van der Waals surface area contributed by atoms with Crippen LogP contribution in [0.4, 0.5) is 0 Å². The minimum Gasteiger partial charge on any atom is -0.381 e. The Kier molecular flexibility index (Phi) is 3.53. The molecule has 1 N–H and O–H groups in total. The number of rotatable bonds is 3. The Bertz CT molecular complexity index is 128. The molecule has 1 heterocycles. The molecule has 2 heteroatoms. The van der Waals surface area contributed by atoms with E-state index in [0.717, 1.165) is 25.7 Å². The van der Waals surface area contributed by atoms with Gasteiger partial charge in [0.25, 0.3) is 0 Å². The van der Waals surface area contributed by atoms with E-state index in [9.17, 15) is 0 Å². The van der Waals surface area contributed by atoms with Gasteiger partial charge in [0.15, 0.2) is 0 Å². The molecule has 0 aromatic carbocycles. The Balaban J connectivity index is 2.41. The fourth-order valence-corrected chi connectivity index (χ4v) is 2.02. The van der Waals surface area contributed by atoms with Gasteiger partial charge in [-0.1, -0.05) is 6.92 Å². The van der Waals surface area contributed by atoms with Crippen molar-refractivity contribution in [2.24, 2.45) is 5.92 Å². The van der Waals surface area contributed by atoms with E-state index in [0.29, 0.717) is 5.54 Å². The minimum atomic E-state index is 0.290. The highest BCUT2D eigenvalue weighted by Crippen LogP contribution is 2.26. The van der Waals surface area contributed by atoms with E-state index in [1.165, 1.54) is 12.8 Å². The number of nitrogens with one attached hydrogen (secondary N) is 1. The zero-order chi connectivity index (χ0) is 9.03. The molecule has 0 radical (unpaired) electrons. The van der Waals surface area contributed by atoms with Crippen LogP contribution in [0.3, 0.4) is 0 Å². The zero-order valence-corrected chi connectivity index (χ0v) is 8.52. The van der Waals surface area contributed by atoms with Gasteiger partial charge in [-0.25, -0.2) is 0 Å². The summed E-state index contributed by atoms with van der Waals surface area (Å²) in [5.74, 6) is 0.784. The summed E-state index contributed by atoms with van der Waals surface area (Å²) < 4.78 is 5.35. The van der Waals surface area contributed by atoms with Crippen LogP contribution in [0.15, 0.2) is 0 Å². The third-order valence-electron chi connectivity index (χ3n) is 2.87. The van der Waals surface area contributed by atoms with Crippen LogP contribution in [0.1, 0.15) is 33.6 Å². The molecule has 72 valence electrons. The molecule has 1 saturated heterocycles. The van der Waals surface area contributed by atoms with Crippen LogP contribution in [0.5, 0.6) is 0 Å². The number of hydrogen-bond acceptors (Lipinski definition) is 2. The van der Waals surface area contributed by atoms with Crippen LogP contribution in [-0.2, 0) is 4.74 Å². The lowest BCUT2D eigenvalue weighted by atomic mass is 9.82. The fraction of sp³-hybridized carbons (Fsp3) is 1.00. The third-order valence-corrected chi connectivity index (χ3v) is 2.87. The highest BCUT2D eigenvalue weighted by Gasteiger charge is 2.29. The normalized spacial score (nSPS) is 21.2. The van der Waals surface area contributed by atoms with Crippen LogP contribution >= 0.6 is 0 Å². The summed E-state index contributed by atoms with van der Waals surface area (Å²) in [6.07, 6.45) is 2.42. The molecule has 1 fully saturated rings. The quantitative estimate of drug-likeness (QED) is 0.699. The van der Waals surface area contributed by atoms with E-state index in [1.54, 1.807) is 0 Å². The summed E-state index contributed by atoms with van der Waals surface area (Å²) in [5, 5.41) is 3.54. The molecule has 12 heavy (non-hydrogen) atoms.